The second kappa shape index (κ2) is 10.2. The lowest BCUT2D eigenvalue weighted by Gasteiger charge is -2.32. The van der Waals surface area contributed by atoms with Crippen LogP contribution in [0.25, 0.3) is 10.6 Å². The molecule has 2 N–H and O–H groups in total. The van der Waals surface area contributed by atoms with Crippen LogP contribution >= 0.6 is 11.3 Å². The Labute approximate surface area is 218 Å². The molecule has 0 atom stereocenters. The van der Waals surface area contributed by atoms with E-state index in [4.69, 9.17) is 20.1 Å². The summed E-state index contributed by atoms with van der Waals surface area (Å²) in [7, 11) is 0. The second-order valence-corrected chi connectivity index (χ2v) is 13.6. The van der Waals surface area contributed by atoms with Crippen molar-refractivity contribution >= 4 is 23.2 Å². The minimum absolute atomic E-state index is 0.105. The van der Waals surface area contributed by atoms with Crippen molar-refractivity contribution < 1.29 is 14.7 Å². The zero-order valence-corrected chi connectivity index (χ0v) is 23.3. The van der Waals surface area contributed by atoms with Gasteiger partial charge < -0.3 is 10.4 Å². The van der Waals surface area contributed by atoms with Crippen LogP contribution in [-0.2, 0) is 22.0 Å². The normalized spacial score (nSPS) is 21.2. The van der Waals surface area contributed by atoms with Crippen molar-refractivity contribution in [2.45, 2.75) is 110 Å². The van der Waals surface area contributed by atoms with Gasteiger partial charge in [-0.25, -0.2) is 15.0 Å². The molecule has 2 aliphatic carbocycles. The molecule has 1 amide bonds. The van der Waals surface area contributed by atoms with Gasteiger partial charge in [-0.05, 0) is 31.2 Å². The van der Waals surface area contributed by atoms with Crippen molar-refractivity contribution in [1.29, 1.82) is 0 Å². The highest BCUT2D eigenvalue weighted by Gasteiger charge is 2.36. The van der Waals surface area contributed by atoms with Gasteiger partial charge in [0.1, 0.15) is 5.82 Å². The molecule has 2 fully saturated rings. The first-order chi connectivity index (χ1) is 16.8. The number of carbonyl (C=O) groups is 2. The fourth-order valence-corrected chi connectivity index (χ4v) is 5.88. The average molecular weight is 513 g/mol. The van der Waals surface area contributed by atoms with Gasteiger partial charge >= 0.3 is 5.97 Å². The van der Waals surface area contributed by atoms with Crippen LogP contribution < -0.4 is 5.32 Å². The summed E-state index contributed by atoms with van der Waals surface area (Å²) in [6, 6.07) is 1.96. The fraction of sp³-hybridized carbons (Fsp3) is 0.679. The number of hydrogen-bond acceptors (Lipinski definition) is 6. The first-order valence-electron chi connectivity index (χ1n) is 13.2. The SMILES string of the molecule is CC(C)(C)c1cc(-c2sc(C(=O)N[C@H]3C[C@H](C(=O)O)C3)nc2CC2CCCCC2)nc(C(C)(C)C)n1. The summed E-state index contributed by atoms with van der Waals surface area (Å²) in [5.74, 6) is -0.00530. The molecule has 0 spiro atoms. The van der Waals surface area contributed by atoms with Gasteiger partial charge in [-0.3, -0.25) is 9.59 Å². The number of carboxylic acid groups (broad SMARTS) is 1. The Balaban J connectivity index is 1.69. The van der Waals surface area contributed by atoms with E-state index in [-0.39, 0.29) is 28.7 Å². The number of aliphatic carboxylic acids is 1. The van der Waals surface area contributed by atoms with Crippen LogP contribution in [0.5, 0.6) is 0 Å². The van der Waals surface area contributed by atoms with Crippen molar-refractivity contribution in [2.75, 3.05) is 0 Å². The molecule has 2 saturated carbocycles. The van der Waals surface area contributed by atoms with Gasteiger partial charge in [-0.2, -0.15) is 0 Å². The van der Waals surface area contributed by atoms with Crippen molar-refractivity contribution in [3.63, 3.8) is 0 Å². The summed E-state index contributed by atoms with van der Waals surface area (Å²) in [6.45, 7) is 12.8. The van der Waals surface area contributed by atoms with Crippen molar-refractivity contribution in [3.05, 3.63) is 28.3 Å². The minimum Gasteiger partial charge on any atom is -0.481 e. The summed E-state index contributed by atoms with van der Waals surface area (Å²) in [4.78, 5) is 40.0. The van der Waals surface area contributed by atoms with E-state index < -0.39 is 5.97 Å². The lowest BCUT2D eigenvalue weighted by atomic mass is 9.80. The number of nitrogens with one attached hydrogen (secondary N) is 1. The third-order valence-electron chi connectivity index (χ3n) is 7.32. The van der Waals surface area contributed by atoms with Crippen LogP contribution in [0.15, 0.2) is 6.07 Å². The van der Waals surface area contributed by atoms with Crippen LogP contribution in [0, 0.1) is 11.8 Å². The maximum absolute atomic E-state index is 13.1. The van der Waals surface area contributed by atoms with Gasteiger partial charge in [-0.1, -0.05) is 73.6 Å². The molecule has 2 aliphatic rings. The highest BCUT2D eigenvalue weighted by molar-refractivity contribution is 7.17. The topological polar surface area (TPSA) is 105 Å². The number of nitrogens with zero attached hydrogens (tertiary/aromatic N) is 3. The fourth-order valence-electron chi connectivity index (χ4n) is 4.92. The van der Waals surface area contributed by atoms with E-state index in [0.717, 1.165) is 34.2 Å². The van der Waals surface area contributed by atoms with Crippen LogP contribution in [0.2, 0.25) is 0 Å². The second-order valence-electron chi connectivity index (χ2n) is 12.6. The zero-order chi connectivity index (χ0) is 26.3. The zero-order valence-electron chi connectivity index (χ0n) is 22.5. The highest BCUT2D eigenvalue weighted by Crippen LogP contribution is 2.37. The smallest absolute Gasteiger partial charge is 0.306 e. The molecule has 7 nitrogen and oxygen atoms in total. The van der Waals surface area contributed by atoms with E-state index in [2.05, 4.69) is 52.9 Å². The average Bonchev–Trinajstić information content (AvgIpc) is 3.18. The molecule has 2 aromatic rings. The molecule has 0 bridgehead atoms. The number of thiazole rings is 1. The van der Waals surface area contributed by atoms with Crippen LogP contribution in [0.1, 0.15) is 114 Å². The van der Waals surface area contributed by atoms with Gasteiger partial charge in [0.15, 0.2) is 5.01 Å². The summed E-state index contributed by atoms with van der Waals surface area (Å²) in [5.41, 5.74) is 2.42. The Morgan fingerprint density at radius 3 is 2.25 bits per heavy atom. The van der Waals surface area contributed by atoms with E-state index in [1.807, 2.05) is 0 Å². The van der Waals surface area contributed by atoms with Crippen LogP contribution in [0.4, 0.5) is 0 Å². The molecule has 4 rings (SSSR count). The van der Waals surface area contributed by atoms with Crippen molar-refractivity contribution in [2.24, 2.45) is 11.8 Å². The summed E-state index contributed by atoms with van der Waals surface area (Å²) in [5, 5.41) is 12.6. The van der Waals surface area contributed by atoms with Gasteiger partial charge in [0.25, 0.3) is 5.91 Å². The predicted molar refractivity (Wildman–Crippen MR) is 142 cm³/mol. The first-order valence-corrected chi connectivity index (χ1v) is 14.1. The summed E-state index contributed by atoms with van der Waals surface area (Å²) >= 11 is 1.40. The molecular formula is C28H40N4O3S. The van der Waals surface area contributed by atoms with Gasteiger partial charge in [0.05, 0.1) is 27.9 Å². The van der Waals surface area contributed by atoms with Gasteiger partial charge in [-0.15, -0.1) is 11.3 Å². The van der Waals surface area contributed by atoms with Gasteiger partial charge in [0, 0.05) is 16.9 Å². The number of aromatic nitrogens is 3. The summed E-state index contributed by atoms with van der Waals surface area (Å²) < 4.78 is 0. The predicted octanol–water partition coefficient (Wildman–Crippen LogP) is 5.91. The number of hydrogen-bond donors (Lipinski definition) is 2. The Morgan fingerprint density at radius 1 is 1.00 bits per heavy atom. The maximum atomic E-state index is 13.1. The Morgan fingerprint density at radius 2 is 1.67 bits per heavy atom. The number of amides is 1. The molecule has 2 aromatic heterocycles. The maximum Gasteiger partial charge on any atom is 0.306 e. The molecular weight excluding hydrogens is 472 g/mol. The van der Waals surface area contributed by atoms with Crippen molar-refractivity contribution in [1.82, 2.24) is 20.3 Å². The third kappa shape index (κ3) is 6.13. The minimum atomic E-state index is -0.792. The lowest BCUT2D eigenvalue weighted by Crippen LogP contribution is -2.46. The Bertz CT molecular complexity index is 1080. The molecule has 0 radical (unpaired) electrons. The number of rotatable bonds is 6. The van der Waals surface area contributed by atoms with Crippen LogP contribution in [-0.4, -0.2) is 38.0 Å². The van der Waals surface area contributed by atoms with Gasteiger partial charge in [0.2, 0.25) is 0 Å². The Hall–Kier alpha value is -2.35. The summed E-state index contributed by atoms with van der Waals surface area (Å²) in [6.07, 6.45) is 7.99. The molecule has 196 valence electrons. The number of carbonyl (C=O) groups excluding carboxylic acids is 1. The quantitative estimate of drug-likeness (QED) is 0.498. The first kappa shape index (κ1) is 26.7. The molecule has 0 saturated heterocycles. The van der Waals surface area contributed by atoms with E-state index in [9.17, 15) is 9.59 Å². The number of carboxylic acids is 1. The van der Waals surface area contributed by atoms with E-state index in [0.29, 0.717) is 23.8 Å². The van der Waals surface area contributed by atoms with E-state index in [1.54, 1.807) is 0 Å². The van der Waals surface area contributed by atoms with E-state index >= 15 is 0 Å². The highest BCUT2D eigenvalue weighted by atomic mass is 32.1. The molecule has 0 unspecified atom stereocenters. The molecule has 8 heteroatoms. The largest absolute Gasteiger partial charge is 0.481 e. The molecule has 0 aromatic carbocycles. The van der Waals surface area contributed by atoms with Crippen molar-refractivity contribution in [3.8, 4) is 10.6 Å². The molecule has 2 heterocycles. The monoisotopic (exact) mass is 512 g/mol. The van der Waals surface area contributed by atoms with E-state index in [1.165, 1.54) is 43.4 Å². The standard InChI is InChI=1S/C28H40N4O3S/c1-27(2,3)21-15-20(31-26(32-21)28(4,5)6)22-19(12-16-10-8-7-9-11-16)30-24(36-22)23(33)29-18-13-17(14-18)25(34)35/h15-18H,7-14H2,1-6H3,(H,29,33)(H,34,35)/t17-,18-. The Kier molecular flexibility index (Phi) is 7.56. The third-order valence-corrected chi connectivity index (χ3v) is 8.44. The molecule has 36 heavy (non-hydrogen) atoms. The van der Waals surface area contributed by atoms with Crippen LogP contribution in [0.3, 0.4) is 0 Å². The lowest BCUT2D eigenvalue weighted by molar-refractivity contribution is -0.145. The molecule has 0 aliphatic heterocycles.